The number of hydrogen-bond acceptors (Lipinski definition) is 4. The lowest BCUT2D eigenvalue weighted by molar-refractivity contribution is -0.136. The highest BCUT2D eigenvalue weighted by Crippen LogP contribution is 2.23. The second-order valence-electron chi connectivity index (χ2n) is 5.32. The number of nitrogens with one attached hydrogen (secondary N) is 2. The Bertz CT molecular complexity index is 713. The zero-order chi connectivity index (χ0) is 16.8. The van der Waals surface area contributed by atoms with Gasteiger partial charge in [-0.25, -0.2) is 0 Å². The Hall–Kier alpha value is -2.89. The first-order valence-electron chi connectivity index (χ1n) is 7.25. The van der Waals surface area contributed by atoms with Crippen LogP contribution in [0.4, 0.5) is 11.4 Å². The lowest BCUT2D eigenvalue weighted by Gasteiger charge is -2.17. The highest BCUT2D eigenvalue weighted by atomic mass is 16.2. The smallest absolute Gasteiger partial charge is 0.313 e. The van der Waals surface area contributed by atoms with Crippen LogP contribution in [0.2, 0.25) is 0 Å². The number of aromatic nitrogens is 1. The third kappa shape index (κ3) is 4.54. The second-order valence-corrected chi connectivity index (χ2v) is 5.32. The fourth-order valence-corrected chi connectivity index (χ4v) is 2.10. The quantitative estimate of drug-likeness (QED) is 0.843. The predicted octanol–water partition coefficient (Wildman–Crippen LogP) is 1.71. The van der Waals surface area contributed by atoms with Gasteiger partial charge in [-0.3, -0.25) is 14.6 Å². The van der Waals surface area contributed by atoms with Crippen molar-refractivity contribution in [2.75, 3.05) is 24.3 Å². The summed E-state index contributed by atoms with van der Waals surface area (Å²) in [6.45, 7) is 2.08. The molecule has 0 fully saturated rings. The van der Waals surface area contributed by atoms with Crippen molar-refractivity contribution in [1.29, 1.82) is 0 Å². The summed E-state index contributed by atoms with van der Waals surface area (Å²) in [6.07, 6.45) is 0. The first kappa shape index (κ1) is 16.5. The first-order chi connectivity index (χ1) is 11.0. The maximum atomic E-state index is 12.0. The van der Waals surface area contributed by atoms with Crippen molar-refractivity contribution in [3.63, 3.8) is 0 Å². The van der Waals surface area contributed by atoms with E-state index in [1.54, 1.807) is 18.2 Å². The summed E-state index contributed by atoms with van der Waals surface area (Å²) in [6, 6.07) is 12.8. The van der Waals surface area contributed by atoms with Gasteiger partial charge in [0.15, 0.2) is 0 Å². The fraction of sp³-hybridized carbons (Fsp3) is 0.235. The summed E-state index contributed by atoms with van der Waals surface area (Å²) in [4.78, 5) is 30.1. The van der Waals surface area contributed by atoms with Crippen molar-refractivity contribution in [2.45, 2.75) is 13.5 Å². The largest absolute Gasteiger partial charge is 0.376 e. The topological polar surface area (TPSA) is 74.3 Å². The van der Waals surface area contributed by atoms with Crippen molar-refractivity contribution in [3.05, 3.63) is 53.9 Å². The molecule has 0 unspecified atom stereocenters. The van der Waals surface area contributed by atoms with Gasteiger partial charge in [-0.2, -0.15) is 0 Å². The normalized spacial score (nSPS) is 10.0. The van der Waals surface area contributed by atoms with Gasteiger partial charge in [-0.05, 0) is 31.2 Å². The molecule has 23 heavy (non-hydrogen) atoms. The van der Waals surface area contributed by atoms with Crippen LogP contribution in [-0.2, 0) is 16.1 Å². The molecule has 2 amide bonds. The van der Waals surface area contributed by atoms with E-state index >= 15 is 0 Å². The van der Waals surface area contributed by atoms with Crippen molar-refractivity contribution in [1.82, 2.24) is 10.3 Å². The van der Waals surface area contributed by atoms with Gasteiger partial charge in [-0.1, -0.05) is 18.2 Å². The molecule has 0 aliphatic carbocycles. The molecular formula is C17H20N4O2. The average molecular weight is 312 g/mol. The van der Waals surface area contributed by atoms with Crippen LogP contribution in [0.1, 0.15) is 11.4 Å². The Morgan fingerprint density at radius 2 is 1.78 bits per heavy atom. The number of amides is 2. The fourth-order valence-electron chi connectivity index (χ4n) is 2.10. The van der Waals surface area contributed by atoms with E-state index in [0.29, 0.717) is 11.4 Å². The molecule has 0 bridgehead atoms. The number of benzene rings is 1. The summed E-state index contributed by atoms with van der Waals surface area (Å²) in [7, 11) is 3.74. The molecule has 1 aromatic heterocycles. The molecule has 1 heterocycles. The number of pyridine rings is 1. The van der Waals surface area contributed by atoms with Gasteiger partial charge >= 0.3 is 11.8 Å². The van der Waals surface area contributed by atoms with Crippen LogP contribution in [-0.4, -0.2) is 30.9 Å². The molecule has 120 valence electrons. The monoisotopic (exact) mass is 312 g/mol. The van der Waals surface area contributed by atoms with E-state index < -0.39 is 11.8 Å². The molecule has 0 atom stereocenters. The minimum Gasteiger partial charge on any atom is -0.376 e. The molecule has 0 saturated carbocycles. The lowest BCUT2D eigenvalue weighted by atomic mass is 10.2. The minimum atomic E-state index is -0.702. The highest BCUT2D eigenvalue weighted by molar-refractivity contribution is 6.39. The summed E-state index contributed by atoms with van der Waals surface area (Å²) >= 11 is 0. The number of aryl methyl sites for hydroxylation is 1. The second kappa shape index (κ2) is 7.40. The third-order valence-electron chi connectivity index (χ3n) is 3.22. The maximum Gasteiger partial charge on any atom is 0.313 e. The number of para-hydroxylation sites is 2. The molecule has 2 aromatic rings. The van der Waals surface area contributed by atoms with Crippen LogP contribution >= 0.6 is 0 Å². The summed E-state index contributed by atoms with van der Waals surface area (Å²) < 4.78 is 0. The Morgan fingerprint density at radius 1 is 1.04 bits per heavy atom. The van der Waals surface area contributed by atoms with Gasteiger partial charge in [0.1, 0.15) is 0 Å². The van der Waals surface area contributed by atoms with Crippen molar-refractivity contribution in [2.24, 2.45) is 0 Å². The average Bonchev–Trinajstić information content (AvgIpc) is 2.53. The van der Waals surface area contributed by atoms with Gasteiger partial charge < -0.3 is 15.5 Å². The van der Waals surface area contributed by atoms with Gasteiger partial charge in [0.2, 0.25) is 0 Å². The van der Waals surface area contributed by atoms with Crippen LogP contribution in [0.3, 0.4) is 0 Å². The Balaban J connectivity index is 1.97. The predicted molar refractivity (Wildman–Crippen MR) is 90.2 cm³/mol. The van der Waals surface area contributed by atoms with Gasteiger partial charge in [-0.15, -0.1) is 0 Å². The summed E-state index contributed by atoms with van der Waals surface area (Å²) in [5.74, 6) is -1.39. The molecule has 0 radical (unpaired) electrons. The maximum absolute atomic E-state index is 12.0. The Labute approximate surface area is 135 Å². The molecule has 6 nitrogen and oxygen atoms in total. The number of carbonyl (C=O) groups is 2. The minimum absolute atomic E-state index is 0.212. The van der Waals surface area contributed by atoms with Gasteiger partial charge in [0.25, 0.3) is 0 Å². The van der Waals surface area contributed by atoms with E-state index in [0.717, 1.165) is 11.4 Å². The first-order valence-corrected chi connectivity index (χ1v) is 7.25. The summed E-state index contributed by atoms with van der Waals surface area (Å²) in [5, 5.41) is 5.19. The van der Waals surface area contributed by atoms with Crippen LogP contribution in [0.15, 0.2) is 42.5 Å². The van der Waals surface area contributed by atoms with Crippen LogP contribution < -0.4 is 15.5 Å². The molecule has 6 heteroatoms. The van der Waals surface area contributed by atoms with E-state index in [1.807, 2.05) is 50.2 Å². The lowest BCUT2D eigenvalue weighted by Crippen LogP contribution is -2.35. The Kier molecular flexibility index (Phi) is 5.30. The molecule has 0 spiro atoms. The number of nitrogens with zero attached hydrogens (tertiary/aromatic N) is 2. The standard InChI is InChI=1S/C17H20N4O2/c1-12-7-6-8-13(19-12)11-18-16(22)17(23)20-14-9-4-5-10-15(14)21(2)3/h4-10H,11H2,1-3H3,(H,18,22)(H,20,23). The number of carbonyl (C=O) groups excluding carboxylic acids is 2. The summed E-state index contributed by atoms with van der Waals surface area (Å²) in [5.41, 5.74) is 2.99. The van der Waals surface area contributed by atoms with Crippen molar-refractivity contribution in [3.8, 4) is 0 Å². The zero-order valence-corrected chi connectivity index (χ0v) is 13.5. The molecule has 1 aromatic carbocycles. The van der Waals surface area contributed by atoms with Gasteiger partial charge in [0.05, 0.1) is 23.6 Å². The van der Waals surface area contributed by atoms with Crippen molar-refractivity contribution >= 4 is 23.2 Å². The molecular weight excluding hydrogens is 292 g/mol. The van der Waals surface area contributed by atoms with E-state index in [-0.39, 0.29) is 6.54 Å². The van der Waals surface area contributed by atoms with Gasteiger partial charge in [0, 0.05) is 19.8 Å². The van der Waals surface area contributed by atoms with Crippen LogP contribution in [0, 0.1) is 6.92 Å². The van der Waals surface area contributed by atoms with Crippen molar-refractivity contribution < 1.29 is 9.59 Å². The van der Waals surface area contributed by atoms with E-state index in [1.165, 1.54) is 0 Å². The Morgan fingerprint density at radius 3 is 2.48 bits per heavy atom. The molecule has 0 aliphatic heterocycles. The van der Waals surface area contributed by atoms with E-state index in [2.05, 4.69) is 15.6 Å². The SMILES string of the molecule is Cc1cccc(CNC(=O)C(=O)Nc2ccccc2N(C)C)n1. The highest BCUT2D eigenvalue weighted by Gasteiger charge is 2.15. The third-order valence-corrected chi connectivity index (χ3v) is 3.22. The zero-order valence-electron chi connectivity index (χ0n) is 13.5. The van der Waals surface area contributed by atoms with Crippen LogP contribution in [0.5, 0.6) is 0 Å². The number of anilines is 2. The molecule has 0 aliphatic rings. The number of rotatable bonds is 4. The molecule has 0 saturated heterocycles. The number of hydrogen-bond donors (Lipinski definition) is 2. The molecule has 2 N–H and O–H groups in total. The van der Waals surface area contributed by atoms with E-state index in [9.17, 15) is 9.59 Å². The molecule has 2 rings (SSSR count). The van der Waals surface area contributed by atoms with E-state index in [4.69, 9.17) is 0 Å². The van der Waals surface area contributed by atoms with Crippen LogP contribution in [0.25, 0.3) is 0 Å².